The number of amides is 1. The predicted molar refractivity (Wildman–Crippen MR) is 75.7 cm³/mol. The summed E-state index contributed by atoms with van der Waals surface area (Å²) in [5.41, 5.74) is -1.82. The van der Waals surface area contributed by atoms with Crippen LogP contribution in [0.3, 0.4) is 0 Å². The van der Waals surface area contributed by atoms with Crippen molar-refractivity contribution in [3.05, 3.63) is 58.0 Å². The Kier molecular flexibility index (Phi) is 3.70. The van der Waals surface area contributed by atoms with Crippen molar-refractivity contribution >= 4 is 23.2 Å². The lowest BCUT2D eigenvalue weighted by Crippen LogP contribution is -2.50. The minimum absolute atomic E-state index is 0.0417. The number of halogens is 3. The number of hydrogen-bond donors (Lipinski definition) is 0. The fraction of sp³-hybridized carbons (Fsp3) is 0.143. The number of carbonyl (C=O) groups excluding carboxylic acids is 2. The van der Waals surface area contributed by atoms with Gasteiger partial charge in [-0.3, -0.25) is 29.6 Å². The SMILES string of the molecule is O=C1c2ccc(C(F)(F)F)nc2N(c2cccnc2)C(=O)C1[N+](=O)[O-]. The third-order valence-electron chi connectivity index (χ3n) is 3.46. The van der Waals surface area contributed by atoms with Crippen molar-refractivity contribution in [2.45, 2.75) is 12.2 Å². The van der Waals surface area contributed by atoms with Crippen LogP contribution in [0.5, 0.6) is 0 Å². The first kappa shape index (κ1) is 16.5. The van der Waals surface area contributed by atoms with E-state index in [0.717, 1.165) is 12.3 Å². The van der Waals surface area contributed by atoms with Crippen LogP contribution < -0.4 is 4.90 Å². The zero-order valence-corrected chi connectivity index (χ0v) is 12.1. The van der Waals surface area contributed by atoms with Gasteiger partial charge in [-0.2, -0.15) is 13.2 Å². The van der Waals surface area contributed by atoms with Gasteiger partial charge in [-0.05, 0) is 24.3 Å². The number of fused-ring (bicyclic) bond motifs is 1. The molecule has 0 fully saturated rings. The highest BCUT2D eigenvalue weighted by Crippen LogP contribution is 2.36. The van der Waals surface area contributed by atoms with E-state index in [2.05, 4.69) is 9.97 Å². The lowest BCUT2D eigenvalue weighted by atomic mass is 9.98. The Morgan fingerprint density at radius 3 is 2.48 bits per heavy atom. The van der Waals surface area contributed by atoms with E-state index in [1.165, 1.54) is 18.3 Å². The molecule has 1 aliphatic rings. The Hall–Kier alpha value is -3.37. The van der Waals surface area contributed by atoms with Gasteiger partial charge in [-0.25, -0.2) is 4.98 Å². The van der Waals surface area contributed by atoms with Crippen molar-refractivity contribution in [2.75, 3.05) is 4.90 Å². The molecule has 1 atom stereocenters. The molecule has 0 saturated carbocycles. The molecule has 0 spiro atoms. The topological polar surface area (TPSA) is 106 Å². The van der Waals surface area contributed by atoms with Crippen molar-refractivity contribution in [1.29, 1.82) is 0 Å². The number of anilines is 2. The van der Waals surface area contributed by atoms with Gasteiger partial charge in [0.15, 0.2) is 5.82 Å². The second kappa shape index (κ2) is 5.61. The summed E-state index contributed by atoms with van der Waals surface area (Å²) in [6, 6.07) is 1.74. The van der Waals surface area contributed by atoms with Crippen LogP contribution in [-0.4, -0.2) is 32.6 Å². The predicted octanol–water partition coefficient (Wildman–Crippen LogP) is 2.00. The highest BCUT2D eigenvalue weighted by atomic mass is 19.4. The molecule has 3 heterocycles. The number of rotatable bonds is 2. The Bertz CT molecular complexity index is 885. The fourth-order valence-corrected chi connectivity index (χ4v) is 2.38. The molecular formula is C14H7F3N4O4. The second-order valence-electron chi connectivity index (χ2n) is 5.00. The van der Waals surface area contributed by atoms with Crippen LogP contribution in [0.4, 0.5) is 24.7 Å². The molecule has 0 aliphatic carbocycles. The van der Waals surface area contributed by atoms with Gasteiger partial charge >= 0.3 is 18.1 Å². The van der Waals surface area contributed by atoms with Gasteiger partial charge in [0.05, 0.1) is 17.4 Å². The number of aromatic nitrogens is 2. The molecule has 0 radical (unpaired) electrons. The molecule has 128 valence electrons. The molecule has 0 saturated heterocycles. The van der Waals surface area contributed by atoms with Gasteiger partial charge in [0.1, 0.15) is 5.69 Å². The van der Waals surface area contributed by atoms with E-state index in [1.54, 1.807) is 0 Å². The maximum Gasteiger partial charge on any atom is 0.433 e. The first-order valence-electron chi connectivity index (χ1n) is 6.72. The Morgan fingerprint density at radius 1 is 1.20 bits per heavy atom. The number of hydrogen-bond acceptors (Lipinski definition) is 6. The summed E-state index contributed by atoms with van der Waals surface area (Å²) in [6.07, 6.45) is -2.35. The first-order valence-corrected chi connectivity index (χ1v) is 6.72. The van der Waals surface area contributed by atoms with Crippen molar-refractivity contribution in [1.82, 2.24) is 9.97 Å². The number of carbonyl (C=O) groups is 2. The average Bonchev–Trinajstić information content (AvgIpc) is 2.54. The lowest BCUT2D eigenvalue weighted by molar-refractivity contribution is -0.491. The summed E-state index contributed by atoms with van der Waals surface area (Å²) >= 11 is 0. The highest BCUT2D eigenvalue weighted by Gasteiger charge is 2.50. The molecule has 1 unspecified atom stereocenters. The van der Waals surface area contributed by atoms with Crippen LogP contribution >= 0.6 is 0 Å². The summed E-state index contributed by atoms with van der Waals surface area (Å²) in [5, 5.41) is 11.1. The van der Waals surface area contributed by atoms with Gasteiger partial charge in [0.25, 0.3) is 0 Å². The van der Waals surface area contributed by atoms with Crippen molar-refractivity contribution in [3.8, 4) is 0 Å². The van der Waals surface area contributed by atoms with Crippen LogP contribution in [0.2, 0.25) is 0 Å². The number of ketones is 1. The minimum atomic E-state index is -4.82. The van der Waals surface area contributed by atoms with E-state index >= 15 is 0 Å². The Labute approximate surface area is 137 Å². The number of pyridine rings is 2. The van der Waals surface area contributed by atoms with E-state index in [0.29, 0.717) is 11.0 Å². The third kappa shape index (κ3) is 2.69. The van der Waals surface area contributed by atoms with Gasteiger partial charge in [-0.15, -0.1) is 0 Å². The summed E-state index contributed by atoms with van der Waals surface area (Å²) in [7, 11) is 0. The average molecular weight is 352 g/mol. The quantitative estimate of drug-likeness (QED) is 0.465. The van der Waals surface area contributed by atoms with Crippen LogP contribution in [0, 0.1) is 10.1 Å². The molecule has 25 heavy (non-hydrogen) atoms. The van der Waals surface area contributed by atoms with Crippen molar-refractivity contribution in [3.63, 3.8) is 0 Å². The zero-order valence-electron chi connectivity index (χ0n) is 12.1. The van der Waals surface area contributed by atoms with E-state index in [4.69, 9.17) is 0 Å². The molecule has 0 N–H and O–H groups in total. The standard InChI is InChI=1S/C14H7F3N4O4/c15-14(16,17)9-4-3-8-11(22)10(21(24)25)13(23)20(12(8)19-9)7-2-1-5-18-6-7/h1-6,10H. The van der Waals surface area contributed by atoms with E-state index < -0.39 is 45.9 Å². The third-order valence-corrected chi connectivity index (χ3v) is 3.46. The highest BCUT2D eigenvalue weighted by molar-refractivity contribution is 6.25. The van der Waals surface area contributed by atoms with E-state index in [1.807, 2.05) is 0 Å². The van der Waals surface area contributed by atoms with Gasteiger partial charge in [0, 0.05) is 11.1 Å². The zero-order chi connectivity index (χ0) is 18.4. The molecule has 11 heteroatoms. The smallest absolute Gasteiger partial charge is 0.286 e. The molecule has 0 bridgehead atoms. The molecular weight excluding hydrogens is 345 g/mol. The molecule has 1 aliphatic heterocycles. The fourth-order valence-electron chi connectivity index (χ4n) is 2.38. The van der Waals surface area contributed by atoms with Gasteiger partial charge < -0.3 is 0 Å². The molecule has 1 amide bonds. The van der Waals surface area contributed by atoms with Crippen molar-refractivity contribution in [2.24, 2.45) is 0 Å². The summed E-state index contributed by atoms with van der Waals surface area (Å²) in [5.74, 6) is -3.13. The maximum absolute atomic E-state index is 12.9. The van der Waals surface area contributed by atoms with Crippen LogP contribution in [0.15, 0.2) is 36.7 Å². The van der Waals surface area contributed by atoms with Crippen molar-refractivity contribution < 1.29 is 27.7 Å². The molecule has 8 nitrogen and oxygen atoms in total. The van der Waals surface area contributed by atoms with E-state index in [-0.39, 0.29) is 5.69 Å². The summed E-state index contributed by atoms with van der Waals surface area (Å²) in [4.78, 5) is 42.3. The van der Waals surface area contributed by atoms with Crippen LogP contribution in [-0.2, 0) is 11.0 Å². The van der Waals surface area contributed by atoms with E-state index in [9.17, 15) is 32.9 Å². The lowest BCUT2D eigenvalue weighted by Gasteiger charge is -2.28. The Morgan fingerprint density at radius 2 is 1.92 bits per heavy atom. The number of nitro groups is 1. The monoisotopic (exact) mass is 352 g/mol. The summed E-state index contributed by atoms with van der Waals surface area (Å²) in [6.45, 7) is 0. The number of alkyl halides is 3. The second-order valence-corrected chi connectivity index (χ2v) is 5.00. The Balaban J connectivity index is 2.27. The summed E-state index contributed by atoms with van der Waals surface area (Å²) < 4.78 is 38.7. The number of Topliss-reactive ketones (excluding diaryl/α,β-unsaturated/α-hetero) is 1. The molecule has 3 rings (SSSR count). The minimum Gasteiger partial charge on any atom is -0.286 e. The molecule has 2 aromatic heterocycles. The maximum atomic E-state index is 12.9. The first-order chi connectivity index (χ1) is 11.7. The van der Waals surface area contributed by atoms with Crippen LogP contribution in [0.1, 0.15) is 16.1 Å². The van der Waals surface area contributed by atoms with Gasteiger partial charge in [-0.1, -0.05) is 0 Å². The number of nitrogens with zero attached hydrogens (tertiary/aromatic N) is 4. The molecule has 0 aromatic carbocycles. The normalized spacial score (nSPS) is 17.4. The largest absolute Gasteiger partial charge is 0.433 e. The van der Waals surface area contributed by atoms with Gasteiger partial charge in [0.2, 0.25) is 5.78 Å². The van der Waals surface area contributed by atoms with Crippen LogP contribution in [0.25, 0.3) is 0 Å². The molecule has 2 aromatic rings.